The molecule has 0 unspecified atom stereocenters. The molecule has 102 valence electrons. The van der Waals surface area contributed by atoms with Gasteiger partial charge in [-0.3, -0.25) is 0 Å². The van der Waals surface area contributed by atoms with Gasteiger partial charge in [-0.1, -0.05) is 31.5 Å². The van der Waals surface area contributed by atoms with Crippen molar-refractivity contribution in [1.29, 1.82) is 0 Å². The first-order chi connectivity index (χ1) is 8.28. The van der Waals surface area contributed by atoms with E-state index in [1.54, 1.807) is 19.2 Å². The molecule has 3 nitrogen and oxygen atoms in total. The van der Waals surface area contributed by atoms with Gasteiger partial charge in [0.15, 0.2) is 0 Å². The second-order valence-corrected chi connectivity index (χ2v) is 7.27. The predicted octanol–water partition coefficient (Wildman–Crippen LogP) is 3.36. The van der Waals surface area contributed by atoms with Crippen LogP contribution in [0.1, 0.15) is 19.4 Å². The van der Waals surface area contributed by atoms with Crippen LogP contribution in [-0.2, 0) is 15.9 Å². The van der Waals surface area contributed by atoms with Crippen molar-refractivity contribution in [2.24, 2.45) is 5.92 Å². The van der Waals surface area contributed by atoms with Crippen LogP contribution < -0.4 is 0 Å². The third kappa shape index (κ3) is 3.60. The molecule has 0 radical (unpaired) electrons. The Balaban J connectivity index is 3.19. The molecule has 0 amide bonds. The Morgan fingerprint density at radius 2 is 1.94 bits per heavy atom. The number of nitrogens with zero attached hydrogens (tertiary/aromatic N) is 1. The van der Waals surface area contributed by atoms with Crippen LogP contribution in [0.15, 0.2) is 23.1 Å². The number of hydrogen-bond acceptors (Lipinski definition) is 2. The summed E-state index contributed by atoms with van der Waals surface area (Å²) in [7, 11) is -2.00. The highest BCUT2D eigenvalue weighted by Crippen LogP contribution is 2.26. The van der Waals surface area contributed by atoms with Crippen molar-refractivity contribution < 1.29 is 8.42 Å². The van der Waals surface area contributed by atoms with E-state index in [2.05, 4.69) is 0 Å². The molecule has 0 aliphatic carbocycles. The van der Waals surface area contributed by atoms with E-state index in [-0.39, 0.29) is 21.7 Å². The van der Waals surface area contributed by atoms with E-state index >= 15 is 0 Å². The summed E-state index contributed by atoms with van der Waals surface area (Å²) < 4.78 is 26.0. The number of rotatable bonds is 5. The Labute approximate surface area is 119 Å². The topological polar surface area (TPSA) is 37.4 Å². The fourth-order valence-corrected chi connectivity index (χ4v) is 3.63. The zero-order valence-electron chi connectivity index (χ0n) is 10.7. The van der Waals surface area contributed by atoms with Gasteiger partial charge in [0.05, 0.1) is 5.02 Å². The standard InChI is InChI=1S/C12H17Cl2NO2S/c1-9(2)8-15(3)18(16,17)12-6-10(7-13)4-5-11(12)14/h4-6,9H,7-8H2,1-3H3. The molecule has 0 N–H and O–H groups in total. The molecule has 0 aromatic heterocycles. The van der Waals surface area contributed by atoms with Crippen LogP contribution in [0.25, 0.3) is 0 Å². The van der Waals surface area contributed by atoms with Gasteiger partial charge in [-0.15, -0.1) is 11.6 Å². The van der Waals surface area contributed by atoms with Crippen LogP contribution >= 0.6 is 23.2 Å². The van der Waals surface area contributed by atoms with Crippen molar-refractivity contribution in [2.75, 3.05) is 13.6 Å². The molecule has 0 saturated heterocycles. The summed E-state index contributed by atoms with van der Waals surface area (Å²) in [6.07, 6.45) is 0. The molecule has 1 aromatic carbocycles. The lowest BCUT2D eigenvalue weighted by molar-refractivity contribution is 0.417. The van der Waals surface area contributed by atoms with Crippen molar-refractivity contribution in [1.82, 2.24) is 4.31 Å². The Morgan fingerprint density at radius 1 is 1.33 bits per heavy atom. The van der Waals surface area contributed by atoms with Crippen molar-refractivity contribution in [3.8, 4) is 0 Å². The van der Waals surface area contributed by atoms with E-state index in [1.165, 1.54) is 10.4 Å². The SMILES string of the molecule is CC(C)CN(C)S(=O)(=O)c1cc(CCl)ccc1Cl. The van der Waals surface area contributed by atoms with Crippen molar-refractivity contribution in [2.45, 2.75) is 24.6 Å². The highest BCUT2D eigenvalue weighted by Gasteiger charge is 2.24. The number of halogens is 2. The normalized spacial score (nSPS) is 12.4. The predicted molar refractivity (Wildman–Crippen MR) is 75.7 cm³/mol. The molecule has 0 heterocycles. The van der Waals surface area contributed by atoms with Crippen molar-refractivity contribution in [3.05, 3.63) is 28.8 Å². The van der Waals surface area contributed by atoms with E-state index < -0.39 is 10.0 Å². The summed E-state index contributed by atoms with van der Waals surface area (Å²) in [4.78, 5) is 0.116. The highest BCUT2D eigenvalue weighted by atomic mass is 35.5. The zero-order chi connectivity index (χ0) is 13.9. The third-order valence-electron chi connectivity index (χ3n) is 2.46. The molecule has 0 aliphatic heterocycles. The van der Waals surface area contributed by atoms with E-state index in [4.69, 9.17) is 23.2 Å². The zero-order valence-corrected chi connectivity index (χ0v) is 13.0. The maximum atomic E-state index is 12.4. The molecule has 0 fully saturated rings. The quantitative estimate of drug-likeness (QED) is 0.782. The van der Waals surface area contributed by atoms with Gasteiger partial charge in [-0.05, 0) is 23.6 Å². The van der Waals surface area contributed by atoms with Crippen LogP contribution in [0, 0.1) is 5.92 Å². The Bertz CT molecular complexity index is 515. The third-order valence-corrected chi connectivity index (χ3v) is 5.07. The van der Waals surface area contributed by atoms with E-state index in [1.807, 2.05) is 13.8 Å². The average Bonchev–Trinajstić information content (AvgIpc) is 2.28. The van der Waals surface area contributed by atoms with Gasteiger partial charge in [0.25, 0.3) is 0 Å². The molecule has 6 heteroatoms. The summed E-state index contributed by atoms with van der Waals surface area (Å²) in [6.45, 7) is 4.37. The number of benzene rings is 1. The van der Waals surface area contributed by atoms with Gasteiger partial charge in [0.1, 0.15) is 4.90 Å². The average molecular weight is 310 g/mol. The van der Waals surface area contributed by atoms with Crippen molar-refractivity contribution >= 4 is 33.2 Å². The molecule has 0 spiro atoms. The molecule has 0 bridgehead atoms. The molecular weight excluding hydrogens is 293 g/mol. The summed E-state index contributed by atoms with van der Waals surface area (Å²) in [5.74, 6) is 0.507. The van der Waals surface area contributed by atoms with E-state index in [9.17, 15) is 8.42 Å². The van der Waals surface area contributed by atoms with Gasteiger partial charge >= 0.3 is 0 Å². The molecule has 1 aromatic rings. The van der Waals surface area contributed by atoms with Crippen LogP contribution in [-0.4, -0.2) is 26.3 Å². The molecular formula is C12H17Cl2NO2S. The minimum absolute atomic E-state index is 0.116. The Hall–Kier alpha value is -0.290. The fourth-order valence-electron chi connectivity index (χ4n) is 1.61. The first kappa shape index (κ1) is 15.8. The lowest BCUT2D eigenvalue weighted by Crippen LogP contribution is -2.30. The van der Waals surface area contributed by atoms with Crippen LogP contribution in [0.3, 0.4) is 0 Å². The smallest absolute Gasteiger partial charge is 0.207 e. The summed E-state index contributed by atoms with van der Waals surface area (Å²) >= 11 is 11.7. The van der Waals surface area contributed by atoms with Crippen LogP contribution in [0.2, 0.25) is 5.02 Å². The van der Waals surface area contributed by atoms with Gasteiger partial charge in [-0.25, -0.2) is 12.7 Å². The van der Waals surface area contributed by atoms with E-state index in [0.29, 0.717) is 6.54 Å². The number of hydrogen-bond donors (Lipinski definition) is 0. The highest BCUT2D eigenvalue weighted by molar-refractivity contribution is 7.89. The molecule has 0 atom stereocenters. The maximum Gasteiger partial charge on any atom is 0.244 e. The Kier molecular flexibility index (Phi) is 5.46. The monoisotopic (exact) mass is 309 g/mol. The van der Waals surface area contributed by atoms with E-state index in [0.717, 1.165) is 5.56 Å². The molecule has 1 rings (SSSR count). The lowest BCUT2D eigenvalue weighted by Gasteiger charge is -2.20. The number of alkyl halides is 1. The second kappa shape index (κ2) is 6.24. The largest absolute Gasteiger partial charge is 0.244 e. The minimum Gasteiger partial charge on any atom is -0.207 e. The molecule has 0 saturated carbocycles. The van der Waals surface area contributed by atoms with Crippen LogP contribution in [0.5, 0.6) is 0 Å². The minimum atomic E-state index is -3.55. The van der Waals surface area contributed by atoms with Crippen molar-refractivity contribution in [3.63, 3.8) is 0 Å². The number of sulfonamides is 1. The molecule has 18 heavy (non-hydrogen) atoms. The first-order valence-electron chi connectivity index (χ1n) is 5.59. The summed E-state index contributed by atoms with van der Waals surface area (Å²) in [5.41, 5.74) is 0.734. The lowest BCUT2D eigenvalue weighted by atomic mass is 10.2. The fraction of sp³-hybridized carbons (Fsp3) is 0.500. The first-order valence-corrected chi connectivity index (χ1v) is 7.95. The van der Waals surface area contributed by atoms with Crippen LogP contribution in [0.4, 0.5) is 0 Å². The second-order valence-electron chi connectivity index (χ2n) is 4.58. The van der Waals surface area contributed by atoms with Gasteiger partial charge in [0.2, 0.25) is 10.0 Å². The maximum absolute atomic E-state index is 12.4. The summed E-state index contributed by atoms with van der Waals surface area (Å²) in [6, 6.07) is 4.81. The summed E-state index contributed by atoms with van der Waals surface area (Å²) in [5, 5.41) is 0.222. The Morgan fingerprint density at radius 3 is 2.44 bits per heavy atom. The van der Waals surface area contributed by atoms with Gasteiger partial charge in [0, 0.05) is 19.5 Å². The van der Waals surface area contributed by atoms with Gasteiger partial charge < -0.3 is 0 Å². The molecule has 0 aliphatic rings. The van der Waals surface area contributed by atoms with Gasteiger partial charge in [-0.2, -0.15) is 0 Å².